The molecular weight excluding hydrogens is 397 g/mol. The minimum Gasteiger partial charge on any atom is -0.439 e. The number of halogens is 2. The molecule has 0 bridgehead atoms. The van der Waals surface area contributed by atoms with Crippen LogP contribution in [0.1, 0.15) is 27.0 Å². The predicted molar refractivity (Wildman–Crippen MR) is 117 cm³/mol. The summed E-state index contributed by atoms with van der Waals surface area (Å²) in [7, 11) is 0. The number of aromatic nitrogens is 1. The lowest BCUT2D eigenvalue weighted by Crippen LogP contribution is -2.12. The van der Waals surface area contributed by atoms with Crippen molar-refractivity contribution in [3.05, 3.63) is 83.0 Å². The molecule has 0 atom stereocenters. The minimum absolute atomic E-state index is 0. The van der Waals surface area contributed by atoms with Crippen molar-refractivity contribution >= 4 is 36.4 Å². The fourth-order valence-electron chi connectivity index (χ4n) is 2.46. The maximum absolute atomic E-state index is 12.4. The number of amides is 1. The first-order valence-corrected chi connectivity index (χ1v) is 8.36. The summed E-state index contributed by atoms with van der Waals surface area (Å²) in [6.07, 6.45) is 1.70. The van der Waals surface area contributed by atoms with Crippen LogP contribution in [0.15, 0.2) is 60.8 Å². The number of pyridine rings is 1. The Kier molecular flexibility index (Phi) is 8.92. The quantitative estimate of drug-likeness (QED) is 0.606. The zero-order valence-electron chi connectivity index (χ0n) is 15.6. The second-order valence-corrected chi connectivity index (χ2v) is 6.11. The number of ether oxygens (including phenoxy) is 1. The van der Waals surface area contributed by atoms with Gasteiger partial charge in [-0.3, -0.25) is 4.79 Å². The van der Waals surface area contributed by atoms with E-state index in [0.717, 1.165) is 16.7 Å². The molecule has 2 aromatic carbocycles. The number of benzene rings is 2. The van der Waals surface area contributed by atoms with E-state index in [9.17, 15) is 4.79 Å². The number of hydrogen-bond donors (Lipinski definition) is 2. The number of nitrogens with two attached hydrogens (primary N) is 1. The van der Waals surface area contributed by atoms with Gasteiger partial charge in [0.15, 0.2) is 0 Å². The van der Waals surface area contributed by atoms with Crippen molar-refractivity contribution in [3.8, 4) is 11.6 Å². The molecule has 1 heterocycles. The Morgan fingerprint density at radius 1 is 1.04 bits per heavy atom. The first-order valence-electron chi connectivity index (χ1n) is 8.36. The summed E-state index contributed by atoms with van der Waals surface area (Å²) in [6, 6.07) is 16.5. The largest absolute Gasteiger partial charge is 0.439 e. The molecule has 0 unspecified atom stereocenters. The van der Waals surface area contributed by atoms with Crippen LogP contribution in [0.3, 0.4) is 0 Å². The molecule has 0 saturated carbocycles. The molecule has 5 nitrogen and oxygen atoms in total. The average molecular weight is 420 g/mol. The monoisotopic (exact) mass is 419 g/mol. The lowest BCUT2D eigenvalue weighted by molar-refractivity contribution is 0.102. The van der Waals surface area contributed by atoms with Crippen LogP contribution < -0.4 is 15.8 Å². The van der Waals surface area contributed by atoms with Crippen LogP contribution in [0.2, 0.25) is 0 Å². The van der Waals surface area contributed by atoms with Crippen LogP contribution in [0, 0.1) is 13.8 Å². The molecule has 1 aromatic heterocycles. The SMILES string of the molecule is Cc1ccnc(Oc2cc(NC(=O)c3ccc(CN)cc3)ccc2C)c1.Cl.Cl. The van der Waals surface area contributed by atoms with Crippen LogP contribution in [0.25, 0.3) is 0 Å². The third-order valence-corrected chi connectivity index (χ3v) is 4.00. The summed E-state index contributed by atoms with van der Waals surface area (Å²) >= 11 is 0. The maximum atomic E-state index is 12.4. The first-order chi connectivity index (χ1) is 12.5. The molecule has 0 fully saturated rings. The van der Waals surface area contributed by atoms with Crippen LogP contribution in [0.4, 0.5) is 5.69 Å². The van der Waals surface area contributed by atoms with Crippen molar-refractivity contribution in [1.82, 2.24) is 4.98 Å². The molecule has 0 saturated heterocycles. The van der Waals surface area contributed by atoms with Crippen molar-refractivity contribution in [2.24, 2.45) is 5.73 Å². The molecular formula is C21H23Cl2N3O2. The van der Waals surface area contributed by atoms with Gasteiger partial charge in [-0.25, -0.2) is 4.98 Å². The predicted octanol–water partition coefficient (Wildman–Crippen LogP) is 5.05. The van der Waals surface area contributed by atoms with Crippen molar-refractivity contribution in [3.63, 3.8) is 0 Å². The zero-order valence-corrected chi connectivity index (χ0v) is 17.3. The molecule has 0 aliphatic rings. The van der Waals surface area contributed by atoms with E-state index in [-0.39, 0.29) is 30.7 Å². The van der Waals surface area contributed by atoms with Gasteiger partial charge in [0.2, 0.25) is 5.88 Å². The molecule has 28 heavy (non-hydrogen) atoms. The summed E-state index contributed by atoms with van der Waals surface area (Å²) in [5.41, 5.74) is 9.83. The molecule has 0 spiro atoms. The minimum atomic E-state index is -0.183. The Morgan fingerprint density at radius 3 is 2.39 bits per heavy atom. The number of carbonyl (C=O) groups is 1. The van der Waals surface area contributed by atoms with E-state index in [2.05, 4.69) is 10.3 Å². The van der Waals surface area contributed by atoms with Gasteiger partial charge in [0.25, 0.3) is 5.91 Å². The third-order valence-electron chi connectivity index (χ3n) is 4.00. The summed E-state index contributed by atoms with van der Waals surface area (Å²) < 4.78 is 5.87. The van der Waals surface area contributed by atoms with Gasteiger partial charge in [-0.1, -0.05) is 18.2 Å². The Bertz CT molecular complexity index is 931. The normalized spacial score (nSPS) is 9.68. The molecule has 3 aromatic rings. The molecule has 0 aliphatic heterocycles. The van der Waals surface area contributed by atoms with Gasteiger partial charge >= 0.3 is 0 Å². The van der Waals surface area contributed by atoms with Gasteiger partial charge in [0, 0.05) is 36.1 Å². The number of rotatable bonds is 5. The molecule has 0 radical (unpaired) electrons. The lowest BCUT2D eigenvalue weighted by Gasteiger charge is -2.11. The highest BCUT2D eigenvalue weighted by Crippen LogP contribution is 2.27. The van der Waals surface area contributed by atoms with Gasteiger partial charge in [-0.2, -0.15) is 0 Å². The fraction of sp³-hybridized carbons (Fsp3) is 0.143. The number of nitrogens with zero attached hydrogens (tertiary/aromatic N) is 1. The molecule has 3 N–H and O–H groups in total. The topological polar surface area (TPSA) is 77.2 Å². The smallest absolute Gasteiger partial charge is 0.255 e. The maximum Gasteiger partial charge on any atom is 0.255 e. The highest BCUT2D eigenvalue weighted by atomic mass is 35.5. The second kappa shape index (κ2) is 10.7. The Morgan fingerprint density at radius 2 is 1.75 bits per heavy atom. The fourth-order valence-corrected chi connectivity index (χ4v) is 2.46. The van der Waals surface area contributed by atoms with Crippen molar-refractivity contribution < 1.29 is 9.53 Å². The van der Waals surface area contributed by atoms with Crippen LogP contribution in [0.5, 0.6) is 11.6 Å². The molecule has 7 heteroatoms. The first kappa shape index (κ1) is 23.4. The summed E-state index contributed by atoms with van der Waals surface area (Å²) in [4.78, 5) is 16.6. The lowest BCUT2D eigenvalue weighted by atomic mass is 10.1. The van der Waals surface area contributed by atoms with E-state index in [1.54, 1.807) is 24.4 Å². The van der Waals surface area contributed by atoms with Gasteiger partial charge < -0.3 is 15.8 Å². The van der Waals surface area contributed by atoms with Crippen LogP contribution in [-0.2, 0) is 6.54 Å². The third kappa shape index (κ3) is 5.96. The Balaban J connectivity index is 0.00000196. The standard InChI is InChI=1S/C21H21N3O2.2ClH/c1-14-9-10-23-20(11-14)26-19-12-18(8-3-15(19)2)24-21(25)17-6-4-16(13-22)5-7-17;;/h3-12H,13,22H2,1-2H3,(H,24,25);2*1H. The molecule has 0 aliphatic carbocycles. The number of aryl methyl sites for hydroxylation is 2. The van der Waals surface area contributed by atoms with Crippen molar-refractivity contribution in [2.45, 2.75) is 20.4 Å². The summed E-state index contributed by atoms with van der Waals surface area (Å²) in [5, 5.41) is 2.89. The molecule has 148 valence electrons. The van der Waals surface area contributed by atoms with Crippen molar-refractivity contribution in [1.29, 1.82) is 0 Å². The molecule has 3 rings (SSSR count). The Labute approximate surface area is 177 Å². The van der Waals surface area contributed by atoms with Crippen molar-refractivity contribution in [2.75, 3.05) is 5.32 Å². The van der Waals surface area contributed by atoms with Gasteiger partial charge in [-0.15, -0.1) is 24.8 Å². The van der Waals surface area contributed by atoms with E-state index in [1.807, 2.05) is 50.2 Å². The van der Waals surface area contributed by atoms with E-state index < -0.39 is 0 Å². The number of anilines is 1. The Hall–Kier alpha value is -2.60. The van der Waals surface area contributed by atoms with Gasteiger partial charge in [-0.05, 0) is 54.8 Å². The van der Waals surface area contributed by atoms with E-state index in [0.29, 0.717) is 29.4 Å². The highest BCUT2D eigenvalue weighted by Gasteiger charge is 2.09. The number of nitrogens with one attached hydrogen (secondary N) is 1. The highest BCUT2D eigenvalue weighted by molar-refractivity contribution is 6.04. The van der Waals surface area contributed by atoms with E-state index >= 15 is 0 Å². The summed E-state index contributed by atoms with van der Waals surface area (Å²) in [5.74, 6) is 0.991. The van der Waals surface area contributed by atoms with E-state index in [4.69, 9.17) is 10.5 Å². The molecule has 1 amide bonds. The number of carbonyl (C=O) groups excluding carboxylic acids is 1. The van der Waals surface area contributed by atoms with Gasteiger partial charge in [0.1, 0.15) is 5.75 Å². The van der Waals surface area contributed by atoms with E-state index in [1.165, 1.54) is 0 Å². The zero-order chi connectivity index (χ0) is 18.5. The average Bonchev–Trinajstić information content (AvgIpc) is 2.64. The van der Waals surface area contributed by atoms with Gasteiger partial charge in [0.05, 0.1) is 0 Å². The van der Waals surface area contributed by atoms with Crippen LogP contribution >= 0.6 is 24.8 Å². The van der Waals surface area contributed by atoms with Crippen LogP contribution in [-0.4, -0.2) is 10.9 Å². The summed E-state index contributed by atoms with van der Waals surface area (Å²) in [6.45, 7) is 4.38. The second-order valence-electron chi connectivity index (χ2n) is 6.11. The number of hydrogen-bond acceptors (Lipinski definition) is 4.